The predicted octanol–water partition coefficient (Wildman–Crippen LogP) is 2.42. The largest absolute Gasteiger partial charge is 0.350 e. The molecular formula is C14H18FN3O. The van der Waals surface area contributed by atoms with Crippen LogP contribution >= 0.6 is 0 Å². The zero-order valence-corrected chi connectivity index (χ0v) is 11.4. The minimum atomic E-state index is -0.384. The number of carbonyl (C=O) groups excluding carboxylic acids is 1. The maximum atomic E-state index is 13.3. The average molecular weight is 263 g/mol. The molecule has 2 heterocycles. The molecule has 0 radical (unpaired) electrons. The second-order valence-corrected chi connectivity index (χ2v) is 4.94. The Hall–Kier alpha value is -1.91. The fourth-order valence-electron chi connectivity index (χ4n) is 1.93. The van der Waals surface area contributed by atoms with Gasteiger partial charge < -0.3 is 5.32 Å². The van der Waals surface area contributed by atoms with Crippen molar-refractivity contribution in [3.8, 4) is 0 Å². The summed E-state index contributed by atoms with van der Waals surface area (Å²) in [4.78, 5) is 16.6. The number of hydrogen-bond acceptors (Lipinski definition) is 2. The molecule has 5 heteroatoms. The molecule has 4 nitrogen and oxygen atoms in total. The van der Waals surface area contributed by atoms with Crippen LogP contribution in [0.3, 0.4) is 0 Å². The van der Waals surface area contributed by atoms with E-state index in [0.29, 0.717) is 35.9 Å². The average Bonchev–Trinajstić information content (AvgIpc) is 2.73. The number of carbonyl (C=O) groups is 1. The second kappa shape index (κ2) is 5.38. The predicted molar refractivity (Wildman–Crippen MR) is 71.7 cm³/mol. The van der Waals surface area contributed by atoms with Crippen molar-refractivity contribution in [3.63, 3.8) is 0 Å². The standard InChI is InChI=1S/C14H18FN3O/c1-4-11-13(14(19)16-7-9(2)3)18-8-10(15)5-6-12(18)17-11/h5-6,8-9H,4,7H2,1-3H3,(H,16,19). The summed E-state index contributed by atoms with van der Waals surface area (Å²) in [7, 11) is 0. The van der Waals surface area contributed by atoms with E-state index in [1.807, 2.05) is 20.8 Å². The van der Waals surface area contributed by atoms with Crippen LogP contribution in [0, 0.1) is 11.7 Å². The van der Waals surface area contributed by atoms with Gasteiger partial charge in [-0.05, 0) is 24.5 Å². The van der Waals surface area contributed by atoms with Crippen LogP contribution in [0.2, 0.25) is 0 Å². The van der Waals surface area contributed by atoms with E-state index in [0.717, 1.165) is 0 Å². The molecular weight excluding hydrogens is 245 g/mol. The van der Waals surface area contributed by atoms with Gasteiger partial charge in [0.15, 0.2) is 0 Å². The molecule has 2 aromatic heterocycles. The number of aromatic nitrogens is 2. The van der Waals surface area contributed by atoms with Crippen LogP contribution in [0.15, 0.2) is 18.3 Å². The van der Waals surface area contributed by atoms with Gasteiger partial charge in [0.1, 0.15) is 17.2 Å². The maximum Gasteiger partial charge on any atom is 0.270 e. The first-order valence-electron chi connectivity index (χ1n) is 6.47. The van der Waals surface area contributed by atoms with Gasteiger partial charge in [-0.2, -0.15) is 0 Å². The lowest BCUT2D eigenvalue weighted by Gasteiger charge is -2.08. The number of aryl methyl sites for hydroxylation is 1. The highest BCUT2D eigenvalue weighted by atomic mass is 19.1. The summed E-state index contributed by atoms with van der Waals surface area (Å²) >= 11 is 0. The Morgan fingerprint density at radius 2 is 2.21 bits per heavy atom. The van der Waals surface area contributed by atoms with Crippen molar-refractivity contribution in [2.24, 2.45) is 5.92 Å². The summed E-state index contributed by atoms with van der Waals surface area (Å²) in [5.41, 5.74) is 1.71. The lowest BCUT2D eigenvalue weighted by molar-refractivity contribution is 0.0942. The third-order valence-corrected chi connectivity index (χ3v) is 2.88. The smallest absolute Gasteiger partial charge is 0.270 e. The van der Waals surface area contributed by atoms with E-state index in [2.05, 4.69) is 10.3 Å². The number of fused-ring (bicyclic) bond motifs is 1. The zero-order valence-electron chi connectivity index (χ0n) is 11.4. The molecule has 0 unspecified atom stereocenters. The lowest BCUT2D eigenvalue weighted by atomic mass is 10.2. The Bertz CT molecular complexity index is 604. The van der Waals surface area contributed by atoms with Gasteiger partial charge in [-0.1, -0.05) is 20.8 Å². The molecule has 0 aliphatic heterocycles. The third kappa shape index (κ3) is 2.75. The molecule has 0 aliphatic carbocycles. The quantitative estimate of drug-likeness (QED) is 0.920. The maximum absolute atomic E-state index is 13.3. The van der Waals surface area contributed by atoms with Crippen LogP contribution < -0.4 is 5.32 Å². The Morgan fingerprint density at radius 3 is 2.84 bits per heavy atom. The minimum absolute atomic E-state index is 0.205. The first-order valence-corrected chi connectivity index (χ1v) is 6.47. The molecule has 0 fully saturated rings. The lowest BCUT2D eigenvalue weighted by Crippen LogP contribution is -2.29. The summed E-state index contributed by atoms with van der Waals surface area (Å²) in [6.45, 7) is 6.56. The number of amides is 1. The molecule has 0 saturated heterocycles. The number of nitrogens with one attached hydrogen (secondary N) is 1. The van der Waals surface area contributed by atoms with Gasteiger partial charge in [-0.25, -0.2) is 9.37 Å². The van der Waals surface area contributed by atoms with Crippen LogP contribution in [-0.4, -0.2) is 21.8 Å². The van der Waals surface area contributed by atoms with Gasteiger partial charge in [-0.15, -0.1) is 0 Å². The van der Waals surface area contributed by atoms with E-state index in [9.17, 15) is 9.18 Å². The van der Waals surface area contributed by atoms with Gasteiger partial charge in [0.05, 0.1) is 5.69 Å². The molecule has 1 amide bonds. The van der Waals surface area contributed by atoms with Crippen LogP contribution in [0.4, 0.5) is 4.39 Å². The second-order valence-electron chi connectivity index (χ2n) is 4.94. The van der Waals surface area contributed by atoms with Crippen LogP contribution in [0.5, 0.6) is 0 Å². The monoisotopic (exact) mass is 263 g/mol. The third-order valence-electron chi connectivity index (χ3n) is 2.88. The number of hydrogen-bond donors (Lipinski definition) is 1. The first kappa shape index (κ1) is 13.5. The minimum Gasteiger partial charge on any atom is -0.350 e. The van der Waals surface area contributed by atoms with Crippen molar-refractivity contribution in [2.45, 2.75) is 27.2 Å². The van der Waals surface area contributed by atoms with E-state index >= 15 is 0 Å². The summed E-state index contributed by atoms with van der Waals surface area (Å²) < 4.78 is 14.8. The first-order chi connectivity index (χ1) is 9.02. The molecule has 0 atom stereocenters. The Kier molecular flexibility index (Phi) is 3.83. The molecule has 19 heavy (non-hydrogen) atoms. The molecule has 0 bridgehead atoms. The van der Waals surface area contributed by atoms with Crippen molar-refractivity contribution in [3.05, 3.63) is 35.5 Å². The van der Waals surface area contributed by atoms with Gasteiger partial charge >= 0.3 is 0 Å². The van der Waals surface area contributed by atoms with Crippen LogP contribution in [-0.2, 0) is 6.42 Å². The van der Waals surface area contributed by atoms with E-state index in [1.165, 1.54) is 16.7 Å². The zero-order chi connectivity index (χ0) is 14.0. The Balaban J connectivity index is 2.44. The van der Waals surface area contributed by atoms with Gasteiger partial charge in [-0.3, -0.25) is 9.20 Å². The fourth-order valence-corrected chi connectivity index (χ4v) is 1.93. The number of nitrogens with zero attached hydrogens (tertiary/aromatic N) is 2. The van der Waals surface area contributed by atoms with Crippen molar-refractivity contribution >= 4 is 11.6 Å². The van der Waals surface area contributed by atoms with E-state index in [4.69, 9.17) is 0 Å². The van der Waals surface area contributed by atoms with Gasteiger partial charge in [0, 0.05) is 12.7 Å². The molecule has 2 rings (SSSR count). The van der Waals surface area contributed by atoms with Crippen molar-refractivity contribution in [2.75, 3.05) is 6.54 Å². The van der Waals surface area contributed by atoms with Crippen molar-refractivity contribution in [1.29, 1.82) is 0 Å². The molecule has 1 N–H and O–H groups in total. The van der Waals surface area contributed by atoms with E-state index < -0.39 is 0 Å². The van der Waals surface area contributed by atoms with Crippen molar-refractivity contribution in [1.82, 2.24) is 14.7 Å². The summed E-state index contributed by atoms with van der Waals surface area (Å²) in [5, 5.41) is 2.85. The van der Waals surface area contributed by atoms with Crippen LogP contribution in [0.1, 0.15) is 37.0 Å². The Morgan fingerprint density at radius 1 is 1.47 bits per heavy atom. The fraction of sp³-hybridized carbons (Fsp3) is 0.429. The van der Waals surface area contributed by atoms with E-state index in [-0.39, 0.29) is 11.7 Å². The summed E-state index contributed by atoms with van der Waals surface area (Å²) in [6, 6.07) is 2.92. The topological polar surface area (TPSA) is 46.4 Å². The normalized spacial score (nSPS) is 11.2. The highest BCUT2D eigenvalue weighted by molar-refractivity contribution is 5.94. The molecule has 0 aliphatic rings. The molecule has 0 saturated carbocycles. The highest BCUT2D eigenvalue weighted by Gasteiger charge is 2.18. The number of imidazole rings is 1. The van der Waals surface area contributed by atoms with Gasteiger partial charge in [0.25, 0.3) is 5.91 Å². The number of pyridine rings is 1. The highest BCUT2D eigenvalue weighted by Crippen LogP contribution is 2.14. The van der Waals surface area contributed by atoms with Gasteiger partial charge in [0.2, 0.25) is 0 Å². The SMILES string of the molecule is CCc1nc2ccc(F)cn2c1C(=O)NCC(C)C. The molecule has 2 aromatic rings. The Labute approximate surface area is 111 Å². The summed E-state index contributed by atoms with van der Waals surface area (Å²) in [6.07, 6.45) is 1.93. The van der Waals surface area contributed by atoms with Crippen molar-refractivity contribution < 1.29 is 9.18 Å². The number of halogens is 1. The molecule has 0 spiro atoms. The van der Waals surface area contributed by atoms with E-state index in [1.54, 1.807) is 6.07 Å². The summed E-state index contributed by atoms with van der Waals surface area (Å²) in [5.74, 6) is -0.223. The molecule has 0 aromatic carbocycles. The van der Waals surface area contributed by atoms with Crippen LogP contribution in [0.25, 0.3) is 5.65 Å². The number of rotatable bonds is 4. The molecule has 102 valence electrons.